The molecule has 4 aromatic rings. The molecule has 2 aromatic heterocycles. The first-order valence-electron chi connectivity index (χ1n) is 11.4. The topological polar surface area (TPSA) is 82.0 Å². The van der Waals surface area contributed by atoms with Gasteiger partial charge in [-0.25, -0.2) is 0 Å². The molecule has 0 unspecified atom stereocenters. The second kappa shape index (κ2) is 9.23. The van der Waals surface area contributed by atoms with Crippen molar-refractivity contribution in [3.63, 3.8) is 0 Å². The lowest BCUT2D eigenvalue weighted by Gasteiger charge is -2.44. The minimum atomic E-state index is -1.24. The summed E-state index contributed by atoms with van der Waals surface area (Å²) < 4.78 is 18.3. The first-order chi connectivity index (χ1) is 17.4. The molecule has 0 spiro atoms. The molecule has 2 amide bonds. The van der Waals surface area contributed by atoms with Crippen LogP contribution >= 0.6 is 11.3 Å². The summed E-state index contributed by atoms with van der Waals surface area (Å²) in [7, 11) is 4.70. The van der Waals surface area contributed by atoms with E-state index >= 15 is 0 Å². The van der Waals surface area contributed by atoms with Gasteiger partial charge in [0, 0.05) is 35.7 Å². The lowest BCUT2D eigenvalue weighted by atomic mass is 9.93. The number of nitrogens with zero attached hydrogens (tertiary/aromatic N) is 2. The fourth-order valence-electron chi connectivity index (χ4n) is 4.74. The number of methoxy groups -OCH3 is 3. The van der Waals surface area contributed by atoms with Gasteiger partial charge in [-0.15, -0.1) is 11.3 Å². The molecule has 0 bridgehead atoms. The Kier molecular flexibility index (Phi) is 6.09. The van der Waals surface area contributed by atoms with E-state index in [-0.39, 0.29) is 24.9 Å². The van der Waals surface area contributed by atoms with Crippen LogP contribution in [-0.4, -0.2) is 43.2 Å². The zero-order chi connectivity index (χ0) is 25.4. The number of carbonyl (C=O) groups excluding carboxylic acids is 2. The summed E-state index contributed by atoms with van der Waals surface area (Å²) in [5.41, 5.74) is 0.658. The molecule has 1 aliphatic heterocycles. The number of anilines is 1. The van der Waals surface area contributed by atoms with E-state index in [0.29, 0.717) is 28.6 Å². The average molecular weight is 506 g/mol. The van der Waals surface area contributed by atoms with Crippen molar-refractivity contribution in [2.75, 3.05) is 26.2 Å². The van der Waals surface area contributed by atoms with Gasteiger partial charge in [0.2, 0.25) is 5.91 Å². The van der Waals surface area contributed by atoms with Gasteiger partial charge in [0.05, 0.1) is 33.6 Å². The van der Waals surface area contributed by atoms with Gasteiger partial charge in [-0.05, 0) is 30.5 Å². The SMILES string of the molecule is COc1cc(OC)cc(N2C(=O)c3cc4ccsc4n3C[C@]2(C)C(=O)NCc2ccccc2OC)c1. The molecule has 0 radical (unpaired) electrons. The van der Waals surface area contributed by atoms with E-state index in [9.17, 15) is 9.59 Å². The molecule has 1 atom stereocenters. The van der Waals surface area contributed by atoms with E-state index in [1.54, 1.807) is 62.7 Å². The summed E-state index contributed by atoms with van der Waals surface area (Å²) in [6.45, 7) is 2.33. The van der Waals surface area contributed by atoms with Crippen molar-refractivity contribution in [1.82, 2.24) is 9.88 Å². The second-order valence-electron chi connectivity index (χ2n) is 8.78. The molecule has 1 aliphatic rings. The standard InChI is InChI=1S/C27H27N3O5S/c1-27(26(32)28-15-18-7-5-6-8-23(18)35-4)16-29-22(11-17-9-10-36-25(17)29)24(31)30(27)19-12-20(33-2)14-21(13-19)34-3/h5-14H,15-16H2,1-4H3,(H,28,32)/t27-/m1/s1. The van der Waals surface area contributed by atoms with E-state index in [4.69, 9.17) is 14.2 Å². The van der Waals surface area contributed by atoms with Crippen LogP contribution in [-0.2, 0) is 17.9 Å². The maximum atomic E-state index is 14.0. The van der Waals surface area contributed by atoms with Gasteiger partial charge in [-0.1, -0.05) is 18.2 Å². The lowest BCUT2D eigenvalue weighted by Crippen LogP contribution is -2.64. The molecule has 186 valence electrons. The molecule has 0 aliphatic carbocycles. The fraction of sp³-hybridized carbons (Fsp3) is 0.259. The largest absolute Gasteiger partial charge is 0.497 e. The Morgan fingerprint density at radius 3 is 2.44 bits per heavy atom. The number of benzene rings is 2. The third-order valence-corrected chi connectivity index (χ3v) is 7.55. The van der Waals surface area contributed by atoms with Gasteiger partial charge < -0.3 is 24.1 Å². The van der Waals surface area contributed by atoms with Crippen molar-refractivity contribution < 1.29 is 23.8 Å². The molecule has 0 saturated heterocycles. The van der Waals surface area contributed by atoms with Crippen LogP contribution in [0, 0.1) is 0 Å². The first kappa shape index (κ1) is 23.7. The highest BCUT2D eigenvalue weighted by molar-refractivity contribution is 7.16. The van der Waals surface area contributed by atoms with Gasteiger partial charge in [0.25, 0.3) is 5.91 Å². The summed E-state index contributed by atoms with van der Waals surface area (Å²) in [6.07, 6.45) is 0. The Bertz CT molecular complexity index is 1440. The van der Waals surface area contributed by atoms with Crippen molar-refractivity contribution in [3.05, 3.63) is 71.2 Å². The summed E-state index contributed by atoms with van der Waals surface area (Å²) in [4.78, 5) is 30.4. The zero-order valence-corrected chi connectivity index (χ0v) is 21.3. The van der Waals surface area contributed by atoms with Crippen molar-refractivity contribution in [3.8, 4) is 17.2 Å². The molecule has 8 nitrogen and oxygen atoms in total. The van der Waals surface area contributed by atoms with E-state index < -0.39 is 5.54 Å². The van der Waals surface area contributed by atoms with E-state index in [1.165, 1.54) is 0 Å². The van der Waals surface area contributed by atoms with Gasteiger partial charge in [-0.3, -0.25) is 14.5 Å². The van der Waals surface area contributed by atoms with Crippen LogP contribution in [0.4, 0.5) is 5.69 Å². The average Bonchev–Trinajstić information content (AvgIpc) is 3.49. The Morgan fingerprint density at radius 1 is 1.03 bits per heavy atom. The van der Waals surface area contributed by atoms with Crippen LogP contribution in [0.5, 0.6) is 17.2 Å². The molecule has 36 heavy (non-hydrogen) atoms. The molecular formula is C27H27N3O5S. The highest BCUT2D eigenvalue weighted by Gasteiger charge is 2.49. The Hall–Kier alpha value is -3.98. The highest BCUT2D eigenvalue weighted by Crippen LogP contribution is 2.39. The van der Waals surface area contributed by atoms with Gasteiger partial charge in [-0.2, -0.15) is 0 Å². The predicted molar refractivity (Wildman–Crippen MR) is 139 cm³/mol. The van der Waals surface area contributed by atoms with Crippen LogP contribution in [0.3, 0.4) is 0 Å². The molecular weight excluding hydrogens is 478 g/mol. The van der Waals surface area contributed by atoms with Crippen molar-refractivity contribution in [2.24, 2.45) is 0 Å². The summed E-state index contributed by atoms with van der Waals surface area (Å²) in [5.74, 6) is 1.18. The van der Waals surface area contributed by atoms with Crippen molar-refractivity contribution in [2.45, 2.75) is 25.6 Å². The van der Waals surface area contributed by atoms with E-state index in [2.05, 4.69) is 5.32 Å². The molecule has 9 heteroatoms. The Morgan fingerprint density at radius 2 is 1.75 bits per heavy atom. The van der Waals surface area contributed by atoms with E-state index in [0.717, 1.165) is 15.8 Å². The number of nitrogens with one attached hydrogen (secondary N) is 1. The summed E-state index contributed by atoms with van der Waals surface area (Å²) in [6, 6.07) is 16.6. The monoisotopic (exact) mass is 505 g/mol. The number of para-hydroxylation sites is 1. The number of amides is 2. The molecule has 1 N–H and O–H groups in total. The Labute approximate surface area is 213 Å². The van der Waals surface area contributed by atoms with Crippen molar-refractivity contribution in [1.29, 1.82) is 0 Å². The predicted octanol–water partition coefficient (Wildman–Crippen LogP) is 4.46. The van der Waals surface area contributed by atoms with Crippen LogP contribution in [0.15, 0.2) is 60.0 Å². The smallest absolute Gasteiger partial charge is 0.275 e. The highest BCUT2D eigenvalue weighted by atomic mass is 32.1. The molecule has 0 saturated carbocycles. The number of thiophene rings is 1. The molecule has 5 rings (SSSR count). The van der Waals surface area contributed by atoms with Crippen LogP contribution in [0.1, 0.15) is 23.0 Å². The maximum absolute atomic E-state index is 14.0. The van der Waals surface area contributed by atoms with Gasteiger partial charge >= 0.3 is 0 Å². The second-order valence-corrected chi connectivity index (χ2v) is 9.67. The Balaban J connectivity index is 1.59. The molecule has 3 heterocycles. The first-order valence-corrected chi connectivity index (χ1v) is 12.3. The normalized spacial score (nSPS) is 17.1. The number of hydrogen-bond donors (Lipinski definition) is 1. The van der Waals surface area contributed by atoms with Crippen LogP contribution < -0.4 is 24.4 Å². The van der Waals surface area contributed by atoms with Crippen molar-refractivity contribution >= 4 is 39.1 Å². The minimum absolute atomic E-state index is 0.259. The third kappa shape index (κ3) is 3.85. The minimum Gasteiger partial charge on any atom is -0.497 e. The summed E-state index contributed by atoms with van der Waals surface area (Å²) in [5, 5.41) is 6.00. The number of aromatic nitrogens is 1. The summed E-state index contributed by atoms with van der Waals surface area (Å²) >= 11 is 1.55. The van der Waals surface area contributed by atoms with Gasteiger partial charge in [0.1, 0.15) is 33.3 Å². The lowest BCUT2D eigenvalue weighted by molar-refractivity contribution is -0.126. The molecule has 0 fully saturated rings. The zero-order valence-electron chi connectivity index (χ0n) is 20.5. The molecule has 2 aromatic carbocycles. The number of ether oxygens (including phenoxy) is 3. The third-order valence-electron chi connectivity index (χ3n) is 6.60. The van der Waals surface area contributed by atoms with Crippen LogP contribution in [0.25, 0.3) is 10.2 Å². The number of rotatable bonds is 7. The van der Waals surface area contributed by atoms with Crippen LogP contribution in [0.2, 0.25) is 0 Å². The number of carbonyl (C=O) groups is 2. The number of fused-ring (bicyclic) bond motifs is 3. The quantitative estimate of drug-likeness (QED) is 0.401. The number of hydrogen-bond acceptors (Lipinski definition) is 6. The van der Waals surface area contributed by atoms with E-state index in [1.807, 2.05) is 46.3 Å². The maximum Gasteiger partial charge on any atom is 0.275 e. The van der Waals surface area contributed by atoms with Gasteiger partial charge in [0.15, 0.2) is 0 Å². The fourth-order valence-corrected chi connectivity index (χ4v) is 5.64.